The second-order valence-corrected chi connectivity index (χ2v) is 4.99. The van der Waals surface area contributed by atoms with E-state index in [4.69, 9.17) is 4.74 Å². The monoisotopic (exact) mass is 213 g/mol. The minimum absolute atomic E-state index is 0.461. The van der Waals surface area contributed by atoms with Crippen LogP contribution in [-0.2, 0) is 4.74 Å². The van der Waals surface area contributed by atoms with Crippen LogP contribution >= 0.6 is 0 Å². The Kier molecular flexibility index (Phi) is 5.62. The Balaban J connectivity index is 2.43. The fraction of sp³-hybridized carbons (Fsp3) is 1.00. The minimum Gasteiger partial charge on any atom is -0.377 e. The lowest BCUT2D eigenvalue weighted by atomic mass is 9.97. The maximum atomic E-state index is 5.77. The number of hydrogen-bond donors (Lipinski definition) is 1. The summed E-state index contributed by atoms with van der Waals surface area (Å²) in [7, 11) is 0. The molecule has 0 aromatic heterocycles. The second-order valence-electron chi connectivity index (χ2n) is 4.99. The third-order valence-electron chi connectivity index (χ3n) is 3.53. The van der Waals surface area contributed by atoms with Crippen molar-refractivity contribution in [1.29, 1.82) is 0 Å². The molecule has 3 atom stereocenters. The molecule has 0 aromatic rings. The Bertz CT molecular complexity index is 164. The van der Waals surface area contributed by atoms with Crippen molar-refractivity contribution in [3.63, 3.8) is 0 Å². The first-order valence-corrected chi connectivity index (χ1v) is 6.56. The lowest BCUT2D eigenvalue weighted by molar-refractivity contribution is 0.0698. The van der Waals surface area contributed by atoms with Crippen LogP contribution < -0.4 is 5.32 Å². The molecule has 0 aliphatic carbocycles. The van der Waals surface area contributed by atoms with Gasteiger partial charge >= 0.3 is 0 Å². The fourth-order valence-corrected chi connectivity index (χ4v) is 2.46. The fourth-order valence-electron chi connectivity index (χ4n) is 2.46. The normalized spacial score (nSPS) is 25.8. The van der Waals surface area contributed by atoms with Gasteiger partial charge < -0.3 is 10.1 Å². The lowest BCUT2D eigenvalue weighted by Gasteiger charge is -2.30. The predicted octanol–water partition coefficient (Wildman–Crippen LogP) is 2.97. The average Bonchev–Trinajstić information content (AvgIpc) is 2.72. The summed E-state index contributed by atoms with van der Waals surface area (Å²) in [4.78, 5) is 0. The summed E-state index contributed by atoms with van der Waals surface area (Å²) in [6, 6.07) is 1.19. The summed E-state index contributed by atoms with van der Waals surface area (Å²) < 4.78 is 5.77. The Hall–Kier alpha value is -0.0800. The number of nitrogens with one attached hydrogen (secondary N) is 1. The van der Waals surface area contributed by atoms with Crippen LogP contribution in [0.25, 0.3) is 0 Å². The molecule has 0 bridgehead atoms. The van der Waals surface area contributed by atoms with E-state index in [1.165, 1.54) is 25.7 Å². The highest BCUT2D eigenvalue weighted by atomic mass is 16.5. The van der Waals surface area contributed by atoms with Crippen LogP contribution in [0.2, 0.25) is 0 Å². The first kappa shape index (κ1) is 13.0. The van der Waals surface area contributed by atoms with Gasteiger partial charge in [0.05, 0.1) is 6.10 Å². The summed E-state index contributed by atoms with van der Waals surface area (Å²) in [5.41, 5.74) is 0. The molecule has 1 aliphatic heterocycles. The first-order valence-electron chi connectivity index (χ1n) is 6.56. The van der Waals surface area contributed by atoms with Crippen LogP contribution in [0.1, 0.15) is 53.4 Å². The molecule has 0 radical (unpaired) electrons. The smallest absolute Gasteiger partial charge is 0.0728 e. The molecule has 0 aromatic carbocycles. The van der Waals surface area contributed by atoms with Gasteiger partial charge in [-0.15, -0.1) is 0 Å². The molecule has 90 valence electrons. The molecule has 1 N–H and O–H groups in total. The molecule has 1 heterocycles. The van der Waals surface area contributed by atoms with Gasteiger partial charge in [0.15, 0.2) is 0 Å². The zero-order chi connectivity index (χ0) is 11.3. The van der Waals surface area contributed by atoms with Crippen LogP contribution in [0.3, 0.4) is 0 Å². The average molecular weight is 213 g/mol. The van der Waals surface area contributed by atoms with Crippen molar-refractivity contribution in [3.8, 4) is 0 Å². The Morgan fingerprint density at radius 3 is 2.40 bits per heavy atom. The minimum atomic E-state index is 0.461. The van der Waals surface area contributed by atoms with Gasteiger partial charge in [0, 0.05) is 18.7 Å². The van der Waals surface area contributed by atoms with Crippen LogP contribution in [0.5, 0.6) is 0 Å². The van der Waals surface area contributed by atoms with Crippen LogP contribution in [0.15, 0.2) is 0 Å². The highest BCUT2D eigenvalue weighted by Gasteiger charge is 2.26. The van der Waals surface area contributed by atoms with Gasteiger partial charge in [-0.3, -0.25) is 0 Å². The van der Waals surface area contributed by atoms with Crippen LogP contribution in [0, 0.1) is 5.92 Å². The number of hydrogen-bond acceptors (Lipinski definition) is 2. The van der Waals surface area contributed by atoms with Gasteiger partial charge in [-0.1, -0.05) is 27.7 Å². The molecule has 2 nitrogen and oxygen atoms in total. The molecule has 1 rings (SSSR count). The zero-order valence-corrected chi connectivity index (χ0v) is 10.8. The number of rotatable bonds is 6. The predicted molar refractivity (Wildman–Crippen MR) is 65.1 cm³/mol. The molecular weight excluding hydrogens is 186 g/mol. The van der Waals surface area contributed by atoms with E-state index in [-0.39, 0.29) is 0 Å². The van der Waals surface area contributed by atoms with Crippen molar-refractivity contribution in [1.82, 2.24) is 5.32 Å². The summed E-state index contributed by atoms with van der Waals surface area (Å²) in [5.74, 6) is 0.713. The third-order valence-corrected chi connectivity index (χ3v) is 3.53. The summed E-state index contributed by atoms with van der Waals surface area (Å²) in [6.07, 6.45) is 5.32. The van der Waals surface area contributed by atoms with Gasteiger partial charge in [0.25, 0.3) is 0 Å². The van der Waals surface area contributed by atoms with Crippen molar-refractivity contribution in [2.24, 2.45) is 5.92 Å². The van der Waals surface area contributed by atoms with E-state index in [0.29, 0.717) is 24.1 Å². The van der Waals surface area contributed by atoms with Crippen LogP contribution in [-0.4, -0.2) is 24.8 Å². The van der Waals surface area contributed by atoms with Crippen molar-refractivity contribution >= 4 is 0 Å². The van der Waals surface area contributed by atoms with Crippen molar-refractivity contribution in [2.45, 2.75) is 71.6 Å². The molecule has 1 fully saturated rings. The van der Waals surface area contributed by atoms with Gasteiger partial charge in [0.2, 0.25) is 0 Å². The van der Waals surface area contributed by atoms with E-state index >= 15 is 0 Å². The van der Waals surface area contributed by atoms with Gasteiger partial charge in [0.1, 0.15) is 0 Å². The molecule has 0 saturated carbocycles. The Morgan fingerprint density at radius 1 is 1.27 bits per heavy atom. The third kappa shape index (κ3) is 3.76. The lowest BCUT2D eigenvalue weighted by Crippen LogP contribution is -2.46. The Morgan fingerprint density at radius 2 is 2.00 bits per heavy atom. The van der Waals surface area contributed by atoms with E-state index in [9.17, 15) is 0 Å². The molecule has 0 amide bonds. The van der Waals surface area contributed by atoms with E-state index < -0.39 is 0 Å². The van der Waals surface area contributed by atoms with Crippen molar-refractivity contribution in [2.75, 3.05) is 6.61 Å². The quantitative estimate of drug-likeness (QED) is 0.732. The standard InChI is InChI=1S/C13H27NO/c1-5-11(10(3)4)14-12(6-2)13-8-7-9-15-13/h10-14H,5-9H2,1-4H3. The molecule has 0 spiro atoms. The van der Waals surface area contributed by atoms with Crippen molar-refractivity contribution in [3.05, 3.63) is 0 Å². The molecule has 15 heavy (non-hydrogen) atoms. The molecule has 2 heteroatoms. The maximum Gasteiger partial charge on any atom is 0.0728 e. The second kappa shape index (κ2) is 6.49. The SMILES string of the molecule is CCC(NC(CC)C1CCCO1)C(C)C. The zero-order valence-electron chi connectivity index (χ0n) is 10.8. The Labute approximate surface area is 94.8 Å². The maximum absolute atomic E-state index is 5.77. The molecule has 1 saturated heterocycles. The summed E-state index contributed by atoms with van der Waals surface area (Å²) in [5, 5.41) is 3.77. The van der Waals surface area contributed by atoms with E-state index in [2.05, 4.69) is 33.0 Å². The van der Waals surface area contributed by atoms with E-state index in [0.717, 1.165) is 6.61 Å². The van der Waals surface area contributed by atoms with E-state index in [1.54, 1.807) is 0 Å². The largest absolute Gasteiger partial charge is 0.377 e. The molecule has 1 aliphatic rings. The number of ether oxygens (including phenoxy) is 1. The van der Waals surface area contributed by atoms with E-state index in [1.807, 2.05) is 0 Å². The topological polar surface area (TPSA) is 21.3 Å². The summed E-state index contributed by atoms with van der Waals surface area (Å²) >= 11 is 0. The van der Waals surface area contributed by atoms with Gasteiger partial charge in [-0.25, -0.2) is 0 Å². The first-order chi connectivity index (χ1) is 7.19. The highest BCUT2D eigenvalue weighted by molar-refractivity contribution is 4.83. The van der Waals surface area contributed by atoms with Gasteiger partial charge in [-0.2, -0.15) is 0 Å². The van der Waals surface area contributed by atoms with Gasteiger partial charge in [-0.05, 0) is 31.6 Å². The molecule has 3 unspecified atom stereocenters. The van der Waals surface area contributed by atoms with Crippen LogP contribution in [0.4, 0.5) is 0 Å². The molecular formula is C13H27NO. The summed E-state index contributed by atoms with van der Waals surface area (Å²) in [6.45, 7) is 10.1. The van der Waals surface area contributed by atoms with Crippen molar-refractivity contribution < 1.29 is 4.74 Å². The highest BCUT2D eigenvalue weighted by Crippen LogP contribution is 2.19.